The van der Waals surface area contributed by atoms with Gasteiger partial charge < -0.3 is 14.4 Å². The Labute approximate surface area is 129 Å². The van der Waals surface area contributed by atoms with Crippen molar-refractivity contribution < 1.29 is 23.9 Å². The summed E-state index contributed by atoms with van der Waals surface area (Å²) >= 11 is 0. The van der Waals surface area contributed by atoms with Crippen molar-refractivity contribution >= 4 is 17.5 Å². The first kappa shape index (κ1) is 17.4. The number of ether oxygens (including phenoxy) is 2. The molecule has 0 aliphatic heterocycles. The Balaban J connectivity index is 3.13. The van der Waals surface area contributed by atoms with Crippen molar-refractivity contribution in [2.75, 3.05) is 27.8 Å². The molecule has 0 atom stereocenters. The van der Waals surface area contributed by atoms with Crippen LogP contribution in [0.3, 0.4) is 0 Å². The minimum absolute atomic E-state index is 0.0660. The minimum Gasteiger partial charge on any atom is -0.497 e. The van der Waals surface area contributed by atoms with Crippen molar-refractivity contribution in [2.45, 2.75) is 6.92 Å². The molecule has 118 valence electrons. The second-order valence-corrected chi connectivity index (χ2v) is 4.61. The molecule has 0 saturated heterocycles. The fraction of sp³-hybridized carbons (Fsp3) is 0.312. The van der Waals surface area contributed by atoms with Gasteiger partial charge in [0.2, 0.25) is 0 Å². The second kappa shape index (κ2) is 7.97. The highest BCUT2D eigenvalue weighted by atomic mass is 16.5. The number of nitrogens with zero attached hydrogens (tertiary/aromatic N) is 1. The van der Waals surface area contributed by atoms with E-state index in [2.05, 4.69) is 4.74 Å². The third kappa shape index (κ3) is 4.44. The van der Waals surface area contributed by atoms with Gasteiger partial charge in [-0.1, -0.05) is 0 Å². The number of carbonyl (C=O) groups is 3. The molecule has 22 heavy (non-hydrogen) atoms. The van der Waals surface area contributed by atoms with Gasteiger partial charge in [0.1, 0.15) is 5.75 Å². The summed E-state index contributed by atoms with van der Waals surface area (Å²) in [5.41, 5.74) is 0.0418. The van der Waals surface area contributed by atoms with E-state index < -0.39 is 17.5 Å². The topological polar surface area (TPSA) is 72.9 Å². The molecule has 1 aromatic carbocycles. The van der Waals surface area contributed by atoms with E-state index in [9.17, 15) is 14.4 Å². The Kier molecular flexibility index (Phi) is 6.31. The first-order valence-electron chi connectivity index (χ1n) is 6.69. The zero-order valence-electron chi connectivity index (χ0n) is 13.1. The minimum atomic E-state index is -1.04. The number of methoxy groups -OCH3 is 1. The lowest BCUT2D eigenvalue weighted by Gasteiger charge is -2.10. The van der Waals surface area contributed by atoms with Gasteiger partial charge in [-0.2, -0.15) is 0 Å². The van der Waals surface area contributed by atoms with Crippen LogP contribution in [0.1, 0.15) is 17.3 Å². The fourth-order valence-electron chi connectivity index (χ4n) is 1.68. The lowest BCUT2D eigenvalue weighted by Crippen LogP contribution is -2.25. The molecule has 0 aliphatic carbocycles. The summed E-state index contributed by atoms with van der Waals surface area (Å²) in [5.74, 6) is -1.96. The van der Waals surface area contributed by atoms with Gasteiger partial charge in [-0.05, 0) is 31.2 Å². The van der Waals surface area contributed by atoms with Gasteiger partial charge in [0, 0.05) is 25.9 Å². The van der Waals surface area contributed by atoms with E-state index >= 15 is 0 Å². The molecule has 1 aromatic rings. The number of rotatable bonds is 7. The van der Waals surface area contributed by atoms with Crippen molar-refractivity contribution in [1.29, 1.82) is 0 Å². The van der Waals surface area contributed by atoms with Crippen LogP contribution in [0, 0.1) is 0 Å². The third-order valence-corrected chi connectivity index (χ3v) is 2.69. The highest BCUT2D eigenvalue weighted by molar-refractivity contribution is 6.48. The molecule has 1 rings (SSSR count). The molecule has 0 fully saturated rings. The molecule has 0 radical (unpaired) electrons. The van der Waals surface area contributed by atoms with E-state index in [4.69, 9.17) is 4.74 Å². The standard InChI is InChI=1S/C16H19NO5/c1-5-22-16(20)15(19)13(10-17(2)3)14(18)11-6-8-12(21-4)9-7-11/h6-10H,5H2,1-4H3/b13-10-. The molecule has 0 aromatic heterocycles. The van der Waals surface area contributed by atoms with E-state index in [1.54, 1.807) is 33.2 Å². The maximum absolute atomic E-state index is 12.5. The Morgan fingerprint density at radius 3 is 2.18 bits per heavy atom. The van der Waals surface area contributed by atoms with Crippen LogP contribution in [0.4, 0.5) is 0 Å². The first-order chi connectivity index (χ1) is 10.4. The molecule has 0 spiro atoms. The predicted molar refractivity (Wildman–Crippen MR) is 80.7 cm³/mol. The van der Waals surface area contributed by atoms with Gasteiger partial charge in [-0.15, -0.1) is 0 Å². The number of Topliss-reactive ketones (excluding diaryl/α,β-unsaturated/α-hetero) is 2. The van der Waals surface area contributed by atoms with Crippen molar-refractivity contribution in [3.8, 4) is 5.75 Å². The molecule has 0 saturated carbocycles. The largest absolute Gasteiger partial charge is 0.497 e. The summed E-state index contributed by atoms with van der Waals surface area (Å²) in [6.45, 7) is 1.66. The SMILES string of the molecule is CCOC(=O)C(=O)/C(=C\N(C)C)C(=O)c1ccc(OC)cc1. The maximum Gasteiger partial charge on any atom is 0.379 e. The third-order valence-electron chi connectivity index (χ3n) is 2.69. The van der Waals surface area contributed by atoms with E-state index in [1.165, 1.54) is 30.3 Å². The number of ketones is 2. The summed E-state index contributed by atoms with van der Waals surface area (Å²) in [6.07, 6.45) is 1.31. The molecule has 0 bridgehead atoms. The normalized spacial score (nSPS) is 10.8. The lowest BCUT2D eigenvalue weighted by molar-refractivity contribution is -0.151. The molecule has 0 amide bonds. The van der Waals surface area contributed by atoms with Crippen molar-refractivity contribution in [3.05, 3.63) is 41.6 Å². The van der Waals surface area contributed by atoms with Gasteiger partial charge in [0.05, 0.1) is 19.3 Å². The van der Waals surface area contributed by atoms with Crippen LogP contribution in [0.2, 0.25) is 0 Å². The number of hydrogen-bond donors (Lipinski definition) is 0. The van der Waals surface area contributed by atoms with Crippen LogP contribution in [0.5, 0.6) is 5.75 Å². The Morgan fingerprint density at radius 2 is 1.73 bits per heavy atom. The summed E-state index contributed by atoms with van der Waals surface area (Å²) < 4.78 is 9.69. The summed E-state index contributed by atoms with van der Waals surface area (Å²) in [4.78, 5) is 37.7. The molecular formula is C16H19NO5. The lowest BCUT2D eigenvalue weighted by atomic mass is 10.0. The Hall–Kier alpha value is -2.63. The highest BCUT2D eigenvalue weighted by Crippen LogP contribution is 2.16. The number of hydrogen-bond acceptors (Lipinski definition) is 6. The highest BCUT2D eigenvalue weighted by Gasteiger charge is 2.27. The number of esters is 1. The van der Waals surface area contributed by atoms with Crippen LogP contribution in [0.25, 0.3) is 0 Å². The smallest absolute Gasteiger partial charge is 0.379 e. The summed E-state index contributed by atoms with van der Waals surface area (Å²) in [6, 6.07) is 6.27. The predicted octanol–water partition coefficient (Wildman–Crippen LogP) is 1.46. The van der Waals surface area contributed by atoms with Crippen LogP contribution >= 0.6 is 0 Å². The van der Waals surface area contributed by atoms with E-state index in [-0.39, 0.29) is 17.7 Å². The monoisotopic (exact) mass is 305 g/mol. The van der Waals surface area contributed by atoms with Gasteiger partial charge >= 0.3 is 5.97 Å². The Morgan fingerprint density at radius 1 is 1.14 bits per heavy atom. The Bertz CT molecular complexity index is 587. The fourth-order valence-corrected chi connectivity index (χ4v) is 1.68. The van der Waals surface area contributed by atoms with Gasteiger partial charge in [-0.25, -0.2) is 4.79 Å². The molecule has 0 aliphatic rings. The van der Waals surface area contributed by atoms with E-state index in [1.807, 2.05) is 0 Å². The molecule has 6 nitrogen and oxygen atoms in total. The van der Waals surface area contributed by atoms with Crippen LogP contribution in [0.15, 0.2) is 36.0 Å². The van der Waals surface area contributed by atoms with Crippen molar-refractivity contribution in [1.82, 2.24) is 4.90 Å². The average molecular weight is 305 g/mol. The van der Waals surface area contributed by atoms with E-state index in [0.29, 0.717) is 5.75 Å². The molecule has 0 unspecified atom stereocenters. The maximum atomic E-state index is 12.5. The second-order valence-electron chi connectivity index (χ2n) is 4.61. The van der Waals surface area contributed by atoms with Gasteiger partial charge in [0.15, 0.2) is 5.78 Å². The molecule has 0 N–H and O–H groups in total. The van der Waals surface area contributed by atoms with Gasteiger partial charge in [0.25, 0.3) is 5.78 Å². The molecule has 6 heteroatoms. The van der Waals surface area contributed by atoms with Crippen LogP contribution in [-0.4, -0.2) is 50.2 Å². The van der Waals surface area contributed by atoms with Crippen LogP contribution in [-0.2, 0) is 14.3 Å². The quantitative estimate of drug-likeness (QED) is 0.190. The van der Waals surface area contributed by atoms with Crippen LogP contribution < -0.4 is 4.74 Å². The van der Waals surface area contributed by atoms with Gasteiger partial charge in [-0.3, -0.25) is 9.59 Å². The molecule has 0 heterocycles. The molecular weight excluding hydrogens is 286 g/mol. The average Bonchev–Trinajstić information content (AvgIpc) is 2.51. The zero-order valence-corrected chi connectivity index (χ0v) is 13.1. The van der Waals surface area contributed by atoms with Crippen molar-refractivity contribution in [3.63, 3.8) is 0 Å². The summed E-state index contributed by atoms with van der Waals surface area (Å²) in [5, 5.41) is 0. The number of carbonyl (C=O) groups excluding carboxylic acids is 3. The summed E-state index contributed by atoms with van der Waals surface area (Å²) in [7, 11) is 4.82. The van der Waals surface area contributed by atoms with Crippen molar-refractivity contribution in [2.24, 2.45) is 0 Å². The zero-order chi connectivity index (χ0) is 16.7. The van der Waals surface area contributed by atoms with E-state index in [0.717, 1.165) is 0 Å². The first-order valence-corrected chi connectivity index (χ1v) is 6.69. The number of benzene rings is 1.